The van der Waals surface area contributed by atoms with Crippen LogP contribution < -0.4 is 15.4 Å². The first-order valence-corrected chi connectivity index (χ1v) is 9.82. The number of benzene rings is 1. The number of hydrogen-bond acceptors (Lipinski definition) is 3. The topological polar surface area (TPSA) is 66.0 Å². The van der Waals surface area contributed by atoms with Crippen LogP contribution in [0.25, 0.3) is 0 Å². The molecule has 1 saturated heterocycles. The quantitative estimate of drug-likeness (QED) is 0.524. The number of nitrogens with one attached hydrogen (secondary N) is 2. The maximum Gasteiger partial charge on any atom is 0.387 e. The second-order valence-corrected chi connectivity index (χ2v) is 6.95. The lowest BCUT2D eigenvalue weighted by atomic mass is 10.00. The number of ether oxygens (including phenoxy) is 1. The van der Waals surface area contributed by atoms with Crippen molar-refractivity contribution >= 4 is 11.9 Å². The molecule has 0 radical (unpaired) electrons. The van der Waals surface area contributed by atoms with Crippen molar-refractivity contribution in [3.05, 3.63) is 29.8 Å². The number of aliphatic imine (C=N–C) groups is 1. The fourth-order valence-electron chi connectivity index (χ4n) is 3.21. The molecule has 156 valence electrons. The number of halogens is 2. The first kappa shape index (κ1) is 21.9. The number of piperidine rings is 1. The van der Waals surface area contributed by atoms with Crippen LogP contribution in [0, 0.1) is 5.92 Å². The van der Waals surface area contributed by atoms with Gasteiger partial charge in [0.2, 0.25) is 5.91 Å². The standard InChI is InChI=1S/C20H30F2N4O2/c1-3-23-20(24-11-10-18(27)26-12-6-7-15(2)14-26)25-13-16-8-4-5-9-17(16)28-19(21)22/h4-5,8-9,15,19H,3,6-7,10-14H2,1-2H3,(H2,23,24,25). The molecule has 1 heterocycles. The second-order valence-electron chi connectivity index (χ2n) is 6.95. The number of likely N-dealkylation sites (tertiary alicyclic amines) is 1. The van der Waals surface area contributed by atoms with E-state index in [-0.39, 0.29) is 18.2 Å². The molecule has 1 unspecified atom stereocenters. The van der Waals surface area contributed by atoms with E-state index in [1.165, 1.54) is 12.5 Å². The molecule has 2 N–H and O–H groups in total. The lowest BCUT2D eigenvalue weighted by Crippen LogP contribution is -2.42. The monoisotopic (exact) mass is 396 g/mol. The number of para-hydroxylation sites is 1. The molecule has 1 amide bonds. The van der Waals surface area contributed by atoms with Crippen LogP contribution in [0.2, 0.25) is 0 Å². The Morgan fingerprint density at radius 1 is 1.36 bits per heavy atom. The summed E-state index contributed by atoms with van der Waals surface area (Å²) in [5, 5.41) is 6.23. The van der Waals surface area contributed by atoms with Crippen molar-refractivity contribution in [3.8, 4) is 5.75 Å². The van der Waals surface area contributed by atoms with Gasteiger partial charge in [0.05, 0.1) is 6.54 Å². The normalized spacial score (nSPS) is 17.5. The fourth-order valence-corrected chi connectivity index (χ4v) is 3.21. The number of hydrogen-bond donors (Lipinski definition) is 2. The summed E-state index contributed by atoms with van der Waals surface area (Å²) in [6, 6.07) is 6.59. The van der Waals surface area contributed by atoms with Crippen LogP contribution in [0.3, 0.4) is 0 Å². The Labute approximate surface area is 165 Å². The smallest absolute Gasteiger partial charge is 0.387 e. The number of nitrogens with zero attached hydrogens (tertiary/aromatic N) is 2. The summed E-state index contributed by atoms with van der Waals surface area (Å²) in [4.78, 5) is 18.7. The van der Waals surface area contributed by atoms with Gasteiger partial charge in [-0.25, -0.2) is 4.99 Å². The zero-order valence-electron chi connectivity index (χ0n) is 16.6. The Morgan fingerprint density at radius 3 is 2.86 bits per heavy atom. The summed E-state index contributed by atoms with van der Waals surface area (Å²) < 4.78 is 29.6. The molecule has 6 nitrogen and oxygen atoms in total. The van der Waals surface area contributed by atoms with E-state index in [9.17, 15) is 13.6 Å². The summed E-state index contributed by atoms with van der Waals surface area (Å²) in [7, 11) is 0. The Hall–Kier alpha value is -2.38. The van der Waals surface area contributed by atoms with Gasteiger partial charge in [-0.05, 0) is 31.7 Å². The Kier molecular flexibility index (Phi) is 8.97. The zero-order valence-corrected chi connectivity index (χ0v) is 16.6. The summed E-state index contributed by atoms with van der Waals surface area (Å²) in [5.74, 6) is 1.35. The van der Waals surface area contributed by atoms with Crippen molar-refractivity contribution in [2.75, 3.05) is 26.2 Å². The molecule has 0 aliphatic carbocycles. The van der Waals surface area contributed by atoms with Gasteiger partial charge in [0.1, 0.15) is 5.75 Å². The maximum atomic E-state index is 12.5. The van der Waals surface area contributed by atoms with E-state index in [4.69, 9.17) is 0 Å². The van der Waals surface area contributed by atoms with E-state index in [1.807, 2.05) is 11.8 Å². The first-order valence-electron chi connectivity index (χ1n) is 9.82. The van der Waals surface area contributed by atoms with Crippen LogP contribution in [0.4, 0.5) is 8.78 Å². The van der Waals surface area contributed by atoms with Gasteiger partial charge in [0, 0.05) is 38.2 Å². The molecule has 1 aromatic rings. The molecule has 8 heteroatoms. The third-order valence-electron chi connectivity index (χ3n) is 4.58. The lowest BCUT2D eigenvalue weighted by Gasteiger charge is -2.31. The van der Waals surface area contributed by atoms with Crippen molar-refractivity contribution in [3.63, 3.8) is 0 Å². The third-order valence-corrected chi connectivity index (χ3v) is 4.58. The summed E-state index contributed by atoms with van der Waals surface area (Å²) in [5.41, 5.74) is 0.568. The van der Waals surface area contributed by atoms with Gasteiger partial charge in [0.15, 0.2) is 5.96 Å². The van der Waals surface area contributed by atoms with E-state index in [2.05, 4.69) is 27.3 Å². The van der Waals surface area contributed by atoms with Crippen molar-refractivity contribution in [1.29, 1.82) is 0 Å². The van der Waals surface area contributed by atoms with Crippen LogP contribution in [0.5, 0.6) is 5.75 Å². The number of guanidine groups is 1. The molecular formula is C20H30F2N4O2. The molecule has 0 aromatic heterocycles. The van der Waals surface area contributed by atoms with Crippen molar-refractivity contribution in [1.82, 2.24) is 15.5 Å². The predicted octanol–water partition coefficient (Wildman–Crippen LogP) is 2.99. The molecule has 0 spiro atoms. The molecule has 28 heavy (non-hydrogen) atoms. The number of amides is 1. The molecule has 0 saturated carbocycles. The second kappa shape index (κ2) is 11.5. The van der Waals surface area contributed by atoms with E-state index < -0.39 is 6.61 Å². The highest BCUT2D eigenvalue weighted by atomic mass is 19.3. The highest BCUT2D eigenvalue weighted by Crippen LogP contribution is 2.21. The molecule has 0 bridgehead atoms. The molecule has 1 aliphatic rings. The number of rotatable bonds is 8. The van der Waals surface area contributed by atoms with Crippen molar-refractivity contribution in [2.24, 2.45) is 10.9 Å². The number of carbonyl (C=O) groups excluding carboxylic acids is 1. The van der Waals surface area contributed by atoms with Crippen molar-refractivity contribution < 1.29 is 18.3 Å². The van der Waals surface area contributed by atoms with Gasteiger partial charge >= 0.3 is 6.61 Å². The van der Waals surface area contributed by atoms with Gasteiger partial charge in [-0.1, -0.05) is 25.1 Å². The van der Waals surface area contributed by atoms with E-state index in [0.29, 0.717) is 37.0 Å². The number of alkyl halides is 2. The minimum absolute atomic E-state index is 0.117. The average molecular weight is 396 g/mol. The minimum atomic E-state index is -2.87. The van der Waals surface area contributed by atoms with E-state index in [0.717, 1.165) is 19.5 Å². The Morgan fingerprint density at radius 2 is 2.14 bits per heavy atom. The van der Waals surface area contributed by atoms with Crippen LogP contribution in [-0.4, -0.2) is 49.6 Å². The van der Waals surface area contributed by atoms with Crippen molar-refractivity contribution in [2.45, 2.75) is 46.3 Å². The highest BCUT2D eigenvalue weighted by molar-refractivity contribution is 5.81. The van der Waals surface area contributed by atoms with Gasteiger partial charge in [0.25, 0.3) is 0 Å². The zero-order chi connectivity index (χ0) is 20.4. The predicted molar refractivity (Wildman–Crippen MR) is 105 cm³/mol. The fraction of sp³-hybridized carbons (Fsp3) is 0.600. The van der Waals surface area contributed by atoms with E-state index in [1.54, 1.807) is 18.2 Å². The Balaban J connectivity index is 1.88. The lowest BCUT2D eigenvalue weighted by molar-refractivity contribution is -0.132. The summed E-state index contributed by atoms with van der Waals surface area (Å²) in [6.45, 7) is 4.19. The molecule has 1 atom stereocenters. The molecule has 1 fully saturated rings. The third kappa shape index (κ3) is 7.32. The van der Waals surface area contributed by atoms with Gasteiger partial charge in [-0.2, -0.15) is 8.78 Å². The largest absolute Gasteiger partial charge is 0.434 e. The summed E-state index contributed by atoms with van der Waals surface area (Å²) >= 11 is 0. The maximum absolute atomic E-state index is 12.5. The molecule has 1 aliphatic heterocycles. The highest BCUT2D eigenvalue weighted by Gasteiger charge is 2.20. The van der Waals surface area contributed by atoms with Gasteiger partial charge < -0.3 is 20.3 Å². The number of carbonyl (C=O) groups is 1. The van der Waals surface area contributed by atoms with Crippen LogP contribution in [0.15, 0.2) is 29.3 Å². The van der Waals surface area contributed by atoms with Crippen LogP contribution in [0.1, 0.15) is 38.7 Å². The van der Waals surface area contributed by atoms with Gasteiger partial charge in [-0.3, -0.25) is 4.79 Å². The van der Waals surface area contributed by atoms with Crippen LogP contribution >= 0.6 is 0 Å². The van der Waals surface area contributed by atoms with Gasteiger partial charge in [-0.15, -0.1) is 0 Å². The van der Waals surface area contributed by atoms with Crippen LogP contribution in [-0.2, 0) is 11.3 Å². The SMILES string of the molecule is CCNC(=NCc1ccccc1OC(F)F)NCCC(=O)N1CCCC(C)C1. The summed E-state index contributed by atoms with van der Waals surface area (Å²) in [6.07, 6.45) is 2.63. The molecular weight excluding hydrogens is 366 g/mol. The first-order chi connectivity index (χ1) is 13.5. The molecule has 2 rings (SSSR count). The Bertz CT molecular complexity index is 655. The molecule has 1 aromatic carbocycles. The average Bonchev–Trinajstić information content (AvgIpc) is 2.66. The minimum Gasteiger partial charge on any atom is -0.434 e. The van der Waals surface area contributed by atoms with E-state index >= 15 is 0 Å².